The van der Waals surface area contributed by atoms with E-state index in [1.165, 1.54) is 6.07 Å². The summed E-state index contributed by atoms with van der Waals surface area (Å²) in [4.78, 5) is 27.7. The monoisotopic (exact) mass is 421 g/mol. The van der Waals surface area contributed by atoms with Gasteiger partial charge >= 0.3 is 5.97 Å². The molecule has 0 aliphatic heterocycles. The first kappa shape index (κ1) is 22.2. The lowest BCUT2D eigenvalue weighted by molar-refractivity contribution is 0.0696. The van der Waals surface area contributed by atoms with E-state index < -0.39 is 17.4 Å². The number of nitrogens with zero attached hydrogens (tertiary/aromatic N) is 1. The van der Waals surface area contributed by atoms with Gasteiger partial charge in [0.25, 0.3) is 0 Å². The van der Waals surface area contributed by atoms with Crippen LogP contribution in [-0.2, 0) is 5.41 Å². The lowest BCUT2D eigenvalue weighted by atomic mass is 9.71. The van der Waals surface area contributed by atoms with Gasteiger partial charge in [-0.15, -0.1) is 0 Å². The van der Waals surface area contributed by atoms with Crippen molar-refractivity contribution in [3.05, 3.63) is 69.9 Å². The summed E-state index contributed by atoms with van der Waals surface area (Å²) in [6, 6.07) is 11.5. The third kappa shape index (κ3) is 3.82. The van der Waals surface area contributed by atoms with Gasteiger partial charge in [-0.25, -0.2) is 4.79 Å². The first-order chi connectivity index (χ1) is 14.6. The number of aliphatic hydroxyl groups is 2. The number of nitrogens with one attached hydrogen (secondary N) is 1. The largest absolute Gasteiger partial charge is 0.478 e. The van der Waals surface area contributed by atoms with Crippen molar-refractivity contribution < 1.29 is 24.9 Å². The fourth-order valence-corrected chi connectivity index (χ4v) is 3.69. The number of benzene rings is 2. The Morgan fingerprint density at radius 2 is 1.87 bits per heavy atom. The molecular weight excluding hydrogens is 398 g/mol. The highest BCUT2D eigenvalue weighted by molar-refractivity contribution is 6.20. The van der Waals surface area contributed by atoms with Gasteiger partial charge in [0, 0.05) is 27.6 Å². The highest BCUT2D eigenvalue weighted by atomic mass is 16.4. The van der Waals surface area contributed by atoms with Crippen LogP contribution in [0.3, 0.4) is 0 Å². The number of fused-ring (bicyclic) bond motifs is 4. The van der Waals surface area contributed by atoms with E-state index in [0.29, 0.717) is 22.3 Å². The van der Waals surface area contributed by atoms with E-state index in [1.54, 1.807) is 30.3 Å². The second-order valence-electron chi connectivity index (χ2n) is 7.89. The Bertz CT molecular complexity index is 1220. The van der Waals surface area contributed by atoms with Gasteiger partial charge in [0.1, 0.15) is 0 Å². The molecule has 0 unspecified atom stereocenters. The molecule has 0 spiro atoms. The van der Waals surface area contributed by atoms with Crippen molar-refractivity contribution in [3.63, 3.8) is 0 Å². The molecule has 0 radical (unpaired) electrons. The first-order valence-electron chi connectivity index (χ1n) is 9.61. The number of carboxylic acid groups (broad SMARTS) is 1. The number of carbonyl (C=O) groups is 2. The minimum absolute atomic E-state index is 0.128. The Morgan fingerprint density at radius 1 is 1.19 bits per heavy atom. The van der Waals surface area contributed by atoms with Crippen molar-refractivity contribution in [3.8, 4) is 6.07 Å². The number of nitriles is 1. The van der Waals surface area contributed by atoms with Crippen LogP contribution in [0.4, 0.5) is 0 Å². The van der Waals surface area contributed by atoms with Crippen LogP contribution in [0.1, 0.15) is 56.9 Å². The average molecular weight is 421 g/mol. The summed E-state index contributed by atoms with van der Waals surface area (Å²) in [5, 5.41) is 35.2. The molecular formula is C23H23N3O5. The number of hydrogen-bond acceptors (Lipinski definition) is 6. The van der Waals surface area contributed by atoms with Gasteiger partial charge in [-0.1, -0.05) is 19.9 Å². The molecule has 0 saturated carbocycles. The number of ketones is 1. The maximum absolute atomic E-state index is 13.1. The van der Waals surface area contributed by atoms with E-state index in [2.05, 4.69) is 11.1 Å². The summed E-state index contributed by atoms with van der Waals surface area (Å²) < 4.78 is 0. The van der Waals surface area contributed by atoms with Gasteiger partial charge in [-0.3, -0.25) is 4.79 Å². The molecule has 160 valence electrons. The molecule has 1 aliphatic carbocycles. The number of aromatic amines is 1. The number of carbonyl (C=O) groups excluding carboxylic acids is 1. The number of aliphatic hydroxyl groups excluding tert-OH is 2. The fraction of sp³-hybridized carbons (Fsp3) is 0.261. The number of carboxylic acids is 1. The molecule has 8 nitrogen and oxygen atoms in total. The molecule has 6 N–H and O–H groups in total. The molecule has 0 bridgehead atoms. The second-order valence-corrected chi connectivity index (χ2v) is 7.89. The number of hydrogen-bond donors (Lipinski definition) is 5. The van der Waals surface area contributed by atoms with Crippen molar-refractivity contribution in [1.29, 1.82) is 5.26 Å². The van der Waals surface area contributed by atoms with Crippen LogP contribution in [0.15, 0.2) is 36.4 Å². The average Bonchev–Trinajstić information content (AvgIpc) is 3.17. The molecule has 0 amide bonds. The van der Waals surface area contributed by atoms with E-state index in [-0.39, 0.29) is 24.6 Å². The Balaban J connectivity index is 0.000000401. The molecule has 31 heavy (non-hydrogen) atoms. The van der Waals surface area contributed by atoms with E-state index >= 15 is 0 Å². The maximum atomic E-state index is 13.1. The summed E-state index contributed by atoms with van der Waals surface area (Å²) in [6.45, 7) is 3.64. The summed E-state index contributed by atoms with van der Waals surface area (Å²) in [5.74, 6) is -1.15. The van der Waals surface area contributed by atoms with Crippen LogP contribution >= 0.6 is 0 Å². The van der Waals surface area contributed by atoms with Crippen molar-refractivity contribution in [1.82, 2.24) is 4.98 Å². The molecule has 1 aromatic heterocycles. The topological polar surface area (TPSA) is 160 Å². The molecule has 1 aliphatic rings. The number of rotatable bonds is 3. The predicted octanol–water partition coefficient (Wildman–Crippen LogP) is 1.91. The van der Waals surface area contributed by atoms with Crippen molar-refractivity contribution in [2.45, 2.75) is 25.3 Å². The SMILES string of the molecule is CC1(C)c2cc(C(=O)O)ccc2C(=O)c2c1[nH]c1cc(C#N)ccc21.NC(CO)CO. The van der Waals surface area contributed by atoms with Crippen molar-refractivity contribution >= 4 is 22.7 Å². The van der Waals surface area contributed by atoms with E-state index in [1.807, 2.05) is 13.8 Å². The zero-order chi connectivity index (χ0) is 22.9. The Hall–Kier alpha value is -3.51. The highest BCUT2D eigenvalue weighted by Gasteiger charge is 2.39. The van der Waals surface area contributed by atoms with Gasteiger partial charge in [0.05, 0.1) is 42.0 Å². The summed E-state index contributed by atoms with van der Waals surface area (Å²) in [5.41, 5.74) is 8.38. The van der Waals surface area contributed by atoms with Crippen molar-refractivity contribution in [2.75, 3.05) is 13.2 Å². The van der Waals surface area contributed by atoms with Crippen LogP contribution in [-0.4, -0.2) is 51.3 Å². The van der Waals surface area contributed by atoms with Crippen LogP contribution in [0.5, 0.6) is 0 Å². The molecule has 8 heteroatoms. The minimum atomic E-state index is -1.02. The van der Waals surface area contributed by atoms with Gasteiger partial charge in [0.2, 0.25) is 0 Å². The second kappa shape index (κ2) is 8.32. The van der Waals surface area contributed by atoms with Crippen LogP contribution in [0, 0.1) is 11.3 Å². The Labute approximate surface area is 178 Å². The van der Waals surface area contributed by atoms with Crippen LogP contribution < -0.4 is 5.73 Å². The maximum Gasteiger partial charge on any atom is 0.335 e. The molecule has 0 atom stereocenters. The van der Waals surface area contributed by atoms with Gasteiger partial charge in [0.15, 0.2) is 5.78 Å². The van der Waals surface area contributed by atoms with Crippen LogP contribution in [0.25, 0.3) is 10.9 Å². The number of aromatic carboxylic acids is 1. The predicted molar refractivity (Wildman–Crippen MR) is 114 cm³/mol. The van der Waals surface area contributed by atoms with Gasteiger partial charge < -0.3 is 26.0 Å². The smallest absolute Gasteiger partial charge is 0.335 e. The van der Waals surface area contributed by atoms with Crippen LogP contribution in [0.2, 0.25) is 0 Å². The number of nitrogens with two attached hydrogens (primary N) is 1. The minimum Gasteiger partial charge on any atom is -0.478 e. The fourth-order valence-electron chi connectivity index (χ4n) is 3.69. The summed E-state index contributed by atoms with van der Waals surface area (Å²) >= 11 is 0. The Kier molecular flexibility index (Phi) is 5.95. The molecule has 2 aromatic carbocycles. The number of H-pyrrole nitrogens is 1. The van der Waals surface area contributed by atoms with Gasteiger partial charge in [-0.05, 0) is 35.9 Å². The molecule has 0 fully saturated rings. The lowest BCUT2D eigenvalue weighted by Gasteiger charge is -2.32. The molecule has 3 aromatic rings. The molecule has 1 heterocycles. The summed E-state index contributed by atoms with van der Waals surface area (Å²) in [6.07, 6.45) is 0. The van der Waals surface area contributed by atoms with E-state index in [4.69, 9.17) is 21.2 Å². The standard InChI is InChI=1S/C20H14N2O3.C3H9NO2/c1-20(2)14-8-11(19(24)25)4-6-12(14)17(23)16-13-5-3-10(9-21)7-15(13)22-18(16)20;4-3(1-5)2-6/h3-8,22H,1-2H3,(H,24,25);3,5-6H,1-2,4H2. The Morgan fingerprint density at radius 3 is 2.42 bits per heavy atom. The third-order valence-electron chi connectivity index (χ3n) is 5.43. The van der Waals surface area contributed by atoms with Gasteiger partial charge in [-0.2, -0.15) is 5.26 Å². The first-order valence-corrected chi connectivity index (χ1v) is 9.61. The highest BCUT2D eigenvalue weighted by Crippen LogP contribution is 2.43. The lowest BCUT2D eigenvalue weighted by Crippen LogP contribution is -2.30. The zero-order valence-electron chi connectivity index (χ0n) is 17.1. The summed E-state index contributed by atoms with van der Waals surface area (Å²) in [7, 11) is 0. The van der Waals surface area contributed by atoms with E-state index in [9.17, 15) is 14.7 Å². The molecule has 4 rings (SSSR count). The normalized spacial score (nSPS) is 13.8. The quantitative estimate of drug-likeness (QED) is 0.431. The number of aromatic nitrogens is 1. The zero-order valence-corrected chi connectivity index (χ0v) is 17.1. The molecule has 0 saturated heterocycles. The third-order valence-corrected chi connectivity index (χ3v) is 5.43. The van der Waals surface area contributed by atoms with E-state index in [0.717, 1.165) is 16.6 Å². The van der Waals surface area contributed by atoms with Crippen molar-refractivity contribution in [2.24, 2.45) is 5.73 Å².